The Labute approximate surface area is 185 Å². The highest BCUT2D eigenvalue weighted by atomic mass is 35.5. The van der Waals surface area contributed by atoms with Crippen molar-refractivity contribution in [1.82, 2.24) is 0 Å². The van der Waals surface area contributed by atoms with Gasteiger partial charge >= 0.3 is 5.97 Å². The van der Waals surface area contributed by atoms with Gasteiger partial charge < -0.3 is 26.4 Å². The van der Waals surface area contributed by atoms with Crippen molar-refractivity contribution < 1.29 is 31.2 Å². The molecule has 168 valence electrons. The zero-order chi connectivity index (χ0) is 20.5. The molecule has 0 bridgehead atoms. The second-order valence-corrected chi connectivity index (χ2v) is 8.38. The summed E-state index contributed by atoms with van der Waals surface area (Å²) in [5.74, 6) is -0.258. The van der Waals surface area contributed by atoms with E-state index in [2.05, 4.69) is 21.0 Å². The third-order valence-electron chi connectivity index (χ3n) is 5.02. The molecule has 1 aromatic carbocycles. The number of nitrogens with zero attached hydrogens (tertiary/aromatic N) is 1. The summed E-state index contributed by atoms with van der Waals surface area (Å²) in [5.41, 5.74) is 0.602. The molecule has 0 spiro atoms. The number of hydrogen-bond acceptors (Lipinski definition) is 3. The SMILES string of the molecule is CCCCCCCCCCCCOC[N+](C)(C)CCOC(=O)c1ccccc1.[Cl-]. The average molecular weight is 428 g/mol. The number of ether oxygens (including phenoxy) is 2. The van der Waals surface area contributed by atoms with Crippen LogP contribution in [0.3, 0.4) is 0 Å². The standard InChI is InChI=1S/C24H42NO3.ClH/c1-4-5-6-7-8-9-10-11-12-16-20-27-22-25(2,3)19-21-28-24(26)23-17-14-13-15-18-23;/h13-15,17-18H,4-12,16,19-22H2,1-3H3;1H/q+1;/p-1. The van der Waals surface area contributed by atoms with Gasteiger partial charge in [-0.3, -0.25) is 0 Å². The van der Waals surface area contributed by atoms with Crippen LogP contribution in [0, 0.1) is 0 Å². The molecule has 0 fully saturated rings. The third-order valence-corrected chi connectivity index (χ3v) is 5.02. The van der Waals surface area contributed by atoms with Gasteiger partial charge in [0.2, 0.25) is 0 Å². The van der Waals surface area contributed by atoms with E-state index in [0.717, 1.165) is 19.6 Å². The Morgan fingerprint density at radius 3 is 1.97 bits per heavy atom. The lowest BCUT2D eigenvalue weighted by Gasteiger charge is -2.28. The van der Waals surface area contributed by atoms with E-state index in [-0.39, 0.29) is 18.4 Å². The molecule has 0 aromatic heterocycles. The van der Waals surface area contributed by atoms with Gasteiger partial charge in [0.15, 0.2) is 6.73 Å². The molecule has 29 heavy (non-hydrogen) atoms. The number of esters is 1. The van der Waals surface area contributed by atoms with Crippen molar-refractivity contribution >= 4 is 5.97 Å². The van der Waals surface area contributed by atoms with Crippen molar-refractivity contribution in [3.8, 4) is 0 Å². The van der Waals surface area contributed by atoms with Crippen LogP contribution in [0.25, 0.3) is 0 Å². The predicted molar refractivity (Wildman–Crippen MR) is 116 cm³/mol. The molecule has 0 atom stereocenters. The molecule has 0 heterocycles. The van der Waals surface area contributed by atoms with Crippen LogP contribution in [-0.2, 0) is 9.47 Å². The molecule has 0 amide bonds. The van der Waals surface area contributed by atoms with Crippen LogP contribution in [0.4, 0.5) is 0 Å². The van der Waals surface area contributed by atoms with Crippen LogP contribution in [0.5, 0.6) is 0 Å². The number of unbranched alkanes of at least 4 members (excludes halogenated alkanes) is 9. The second kappa shape index (κ2) is 17.7. The van der Waals surface area contributed by atoms with Crippen LogP contribution in [0.15, 0.2) is 30.3 Å². The predicted octanol–water partition coefficient (Wildman–Crippen LogP) is 2.82. The first-order chi connectivity index (χ1) is 13.5. The molecule has 0 N–H and O–H groups in total. The van der Waals surface area contributed by atoms with Crippen molar-refractivity contribution in [3.05, 3.63) is 35.9 Å². The molecule has 0 radical (unpaired) electrons. The van der Waals surface area contributed by atoms with Crippen molar-refractivity contribution in [2.75, 3.05) is 40.6 Å². The summed E-state index contributed by atoms with van der Waals surface area (Å²) in [6.07, 6.45) is 13.4. The highest BCUT2D eigenvalue weighted by molar-refractivity contribution is 5.89. The van der Waals surface area contributed by atoms with Crippen LogP contribution in [-0.4, -0.2) is 51.0 Å². The maximum Gasteiger partial charge on any atom is 0.338 e. The van der Waals surface area contributed by atoms with E-state index in [1.54, 1.807) is 12.1 Å². The van der Waals surface area contributed by atoms with Crippen molar-refractivity contribution in [3.63, 3.8) is 0 Å². The number of hydrogen-bond donors (Lipinski definition) is 0. The van der Waals surface area contributed by atoms with Gasteiger partial charge in [-0.25, -0.2) is 4.79 Å². The summed E-state index contributed by atoms with van der Waals surface area (Å²) >= 11 is 0. The lowest BCUT2D eigenvalue weighted by molar-refractivity contribution is -0.909. The fourth-order valence-electron chi connectivity index (χ4n) is 3.11. The van der Waals surface area contributed by atoms with Crippen LogP contribution < -0.4 is 12.4 Å². The van der Waals surface area contributed by atoms with E-state index in [0.29, 0.717) is 23.4 Å². The summed E-state index contributed by atoms with van der Waals surface area (Å²) < 4.78 is 11.9. The summed E-state index contributed by atoms with van der Waals surface area (Å²) in [6, 6.07) is 9.13. The molecule has 4 nitrogen and oxygen atoms in total. The first kappa shape index (κ1) is 27.9. The minimum atomic E-state index is -0.258. The minimum Gasteiger partial charge on any atom is -1.00 e. The van der Waals surface area contributed by atoms with Gasteiger partial charge in [0.25, 0.3) is 0 Å². The Balaban J connectivity index is 0.00000784. The number of carbonyl (C=O) groups is 1. The zero-order valence-corrected chi connectivity index (χ0v) is 19.6. The summed E-state index contributed by atoms with van der Waals surface area (Å²) in [5, 5.41) is 0. The quantitative estimate of drug-likeness (QED) is 0.166. The van der Waals surface area contributed by atoms with E-state index >= 15 is 0 Å². The largest absolute Gasteiger partial charge is 1.00 e. The Hall–Kier alpha value is -1.10. The number of rotatable bonds is 17. The zero-order valence-electron chi connectivity index (χ0n) is 18.8. The maximum absolute atomic E-state index is 11.9. The molecule has 1 rings (SSSR count). The van der Waals surface area contributed by atoms with Gasteiger partial charge in [-0.1, -0.05) is 82.9 Å². The minimum absolute atomic E-state index is 0. The monoisotopic (exact) mass is 427 g/mol. The molecule has 0 aliphatic heterocycles. The smallest absolute Gasteiger partial charge is 0.338 e. The Morgan fingerprint density at radius 1 is 0.828 bits per heavy atom. The Kier molecular flexibility index (Phi) is 17.1. The van der Waals surface area contributed by atoms with Crippen LogP contribution in [0.1, 0.15) is 81.5 Å². The lowest BCUT2D eigenvalue weighted by atomic mass is 10.1. The number of benzene rings is 1. The van der Waals surface area contributed by atoms with Gasteiger partial charge in [0.1, 0.15) is 13.2 Å². The Bertz CT molecular complexity index is 508. The molecule has 0 saturated heterocycles. The van der Waals surface area contributed by atoms with Crippen LogP contribution >= 0.6 is 0 Å². The highest BCUT2D eigenvalue weighted by Gasteiger charge is 2.16. The number of likely N-dealkylation sites (N-methyl/N-ethyl adjacent to an activating group) is 1. The van der Waals surface area contributed by atoms with Gasteiger partial charge in [-0.15, -0.1) is 0 Å². The normalized spacial score (nSPS) is 11.1. The molecule has 0 aliphatic carbocycles. The molecule has 0 unspecified atom stereocenters. The van der Waals surface area contributed by atoms with E-state index in [1.165, 1.54) is 57.8 Å². The molecule has 0 saturated carbocycles. The number of halogens is 1. The fourth-order valence-corrected chi connectivity index (χ4v) is 3.11. The van der Waals surface area contributed by atoms with Gasteiger partial charge in [0, 0.05) is 0 Å². The van der Waals surface area contributed by atoms with E-state index in [1.807, 2.05) is 18.2 Å². The van der Waals surface area contributed by atoms with Crippen molar-refractivity contribution in [2.24, 2.45) is 0 Å². The average Bonchev–Trinajstić information content (AvgIpc) is 2.69. The van der Waals surface area contributed by atoms with E-state index in [9.17, 15) is 4.79 Å². The van der Waals surface area contributed by atoms with Crippen molar-refractivity contribution in [1.29, 1.82) is 0 Å². The van der Waals surface area contributed by atoms with Gasteiger partial charge in [0.05, 0.1) is 26.3 Å². The first-order valence-corrected chi connectivity index (χ1v) is 11.2. The topological polar surface area (TPSA) is 35.5 Å². The van der Waals surface area contributed by atoms with E-state index < -0.39 is 0 Å². The third kappa shape index (κ3) is 15.4. The van der Waals surface area contributed by atoms with Crippen molar-refractivity contribution in [2.45, 2.75) is 71.1 Å². The highest BCUT2D eigenvalue weighted by Crippen LogP contribution is 2.10. The first-order valence-electron chi connectivity index (χ1n) is 11.2. The summed E-state index contributed by atoms with van der Waals surface area (Å²) in [6.45, 7) is 4.89. The van der Waals surface area contributed by atoms with Gasteiger partial charge in [-0.2, -0.15) is 0 Å². The lowest BCUT2D eigenvalue weighted by Crippen LogP contribution is -3.00. The Morgan fingerprint density at radius 2 is 1.38 bits per heavy atom. The maximum atomic E-state index is 11.9. The van der Waals surface area contributed by atoms with Crippen LogP contribution in [0.2, 0.25) is 0 Å². The molecular formula is C24H42ClNO3. The number of carbonyl (C=O) groups excluding carboxylic acids is 1. The summed E-state index contributed by atoms with van der Waals surface area (Å²) in [7, 11) is 4.21. The second-order valence-electron chi connectivity index (χ2n) is 8.38. The fraction of sp³-hybridized carbons (Fsp3) is 0.708. The molecule has 1 aromatic rings. The van der Waals surface area contributed by atoms with E-state index in [4.69, 9.17) is 9.47 Å². The molecular weight excluding hydrogens is 386 g/mol. The van der Waals surface area contributed by atoms with Gasteiger partial charge in [-0.05, 0) is 18.6 Å². The molecule has 5 heteroatoms. The number of quaternary nitrogens is 1. The molecule has 0 aliphatic rings. The summed E-state index contributed by atoms with van der Waals surface area (Å²) in [4.78, 5) is 11.9.